The molecule has 1 aromatic rings. The lowest BCUT2D eigenvalue weighted by molar-refractivity contribution is -0.135. The Hall–Kier alpha value is -1.01. The van der Waals surface area contributed by atoms with Crippen molar-refractivity contribution < 1.29 is 14.6 Å². The first kappa shape index (κ1) is 17.8. The zero-order chi connectivity index (χ0) is 17.1. The molecule has 2 aliphatic heterocycles. The third-order valence-corrected chi connectivity index (χ3v) is 5.62. The van der Waals surface area contributed by atoms with Crippen LogP contribution in [0.25, 0.3) is 0 Å². The number of halogens is 2. The summed E-state index contributed by atoms with van der Waals surface area (Å²) >= 11 is 12.4. The fraction of sp³-hybridized carbons (Fsp3) is 0.588. The van der Waals surface area contributed by atoms with Crippen molar-refractivity contribution in [2.24, 2.45) is 0 Å². The predicted octanol–water partition coefficient (Wildman–Crippen LogP) is 2.78. The van der Waals surface area contributed by atoms with Gasteiger partial charge in [0.25, 0.3) is 0 Å². The molecule has 0 bridgehead atoms. The molecule has 0 radical (unpaired) electrons. The van der Waals surface area contributed by atoms with Gasteiger partial charge in [0.05, 0.1) is 23.3 Å². The molecule has 1 amide bonds. The average Bonchev–Trinajstić information content (AvgIpc) is 2.60. The van der Waals surface area contributed by atoms with Crippen LogP contribution in [0.4, 0.5) is 0 Å². The Morgan fingerprint density at radius 2 is 2.08 bits per heavy atom. The van der Waals surface area contributed by atoms with E-state index < -0.39 is 0 Å². The quantitative estimate of drug-likeness (QED) is 0.856. The molecule has 7 heteroatoms. The van der Waals surface area contributed by atoms with Gasteiger partial charge in [0, 0.05) is 31.1 Å². The summed E-state index contributed by atoms with van der Waals surface area (Å²) in [7, 11) is 0. The number of carbonyl (C=O) groups excluding carboxylic acids is 1. The Bertz CT molecular complexity index is 606. The molecular weight excluding hydrogens is 351 g/mol. The lowest BCUT2D eigenvalue weighted by Gasteiger charge is -2.33. The maximum atomic E-state index is 12.4. The number of nitrogens with one attached hydrogen (secondary N) is 1. The molecule has 1 unspecified atom stereocenters. The van der Waals surface area contributed by atoms with Gasteiger partial charge in [0.15, 0.2) is 0 Å². The normalized spacial score (nSPS) is 24.8. The number of amides is 1. The maximum Gasteiger partial charge on any atom is 0.224 e. The van der Waals surface area contributed by atoms with E-state index >= 15 is 0 Å². The fourth-order valence-electron chi connectivity index (χ4n) is 3.52. The second-order valence-corrected chi connectivity index (χ2v) is 7.15. The largest absolute Gasteiger partial charge is 0.508 e. The van der Waals surface area contributed by atoms with Crippen molar-refractivity contribution in [2.45, 2.75) is 31.2 Å². The predicted molar refractivity (Wildman–Crippen MR) is 93.9 cm³/mol. The van der Waals surface area contributed by atoms with Crippen molar-refractivity contribution >= 4 is 29.1 Å². The monoisotopic (exact) mass is 372 g/mol. The first-order chi connectivity index (χ1) is 11.6. The molecule has 2 saturated heterocycles. The summed E-state index contributed by atoms with van der Waals surface area (Å²) in [6.07, 6.45) is 2.06. The van der Waals surface area contributed by atoms with Gasteiger partial charge in [-0.1, -0.05) is 23.2 Å². The van der Waals surface area contributed by atoms with E-state index in [0.717, 1.165) is 19.4 Å². The zero-order valence-corrected chi connectivity index (χ0v) is 14.9. The van der Waals surface area contributed by atoms with E-state index in [-0.39, 0.29) is 23.6 Å². The third-order valence-electron chi connectivity index (χ3n) is 4.80. The Kier molecular flexibility index (Phi) is 5.87. The summed E-state index contributed by atoms with van der Waals surface area (Å²) in [5, 5.41) is 14.5. The summed E-state index contributed by atoms with van der Waals surface area (Å²) < 4.78 is 5.29. The highest BCUT2D eigenvalue weighted by molar-refractivity contribution is 6.42. The molecule has 2 N–H and O–H groups in total. The number of morpholine rings is 1. The zero-order valence-electron chi connectivity index (χ0n) is 13.4. The molecule has 0 saturated carbocycles. The van der Waals surface area contributed by atoms with E-state index in [1.807, 2.05) is 4.90 Å². The summed E-state index contributed by atoms with van der Waals surface area (Å²) in [5.41, 5.74) is 0.703. The molecule has 2 aliphatic rings. The molecule has 2 atom stereocenters. The number of hydrogen-bond acceptors (Lipinski definition) is 4. The summed E-state index contributed by atoms with van der Waals surface area (Å²) in [6.45, 7) is 3.33. The molecule has 3 rings (SSSR count). The number of benzene rings is 1. The van der Waals surface area contributed by atoms with E-state index in [9.17, 15) is 9.90 Å². The lowest BCUT2D eigenvalue weighted by Crippen LogP contribution is -2.45. The number of nitrogens with zero attached hydrogens (tertiary/aromatic N) is 1. The third kappa shape index (κ3) is 3.97. The second-order valence-electron chi connectivity index (χ2n) is 6.36. The number of aromatic hydroxyl groups is 1. The van der Waals surface area contributed by atoms with Gasteiger partial charge in [-0.2, -0.15) is 0 Å². The van der Waals surface area contributed by atoms with Crippen LogP contribution < -0.4 is 5.32 Å². The highest BCUT2D eigenvalue weighted by atomic mass is 35.5. The molecular formula is C17H22Cl2N2O3. The van der Waals surface area contributed by atoms with Crippen LogP contribution in [0.1, 0.15) is 30.7 Å². The molecule has 24 heavy (non-hydrogen) atoms. The first-order valence-electron chi connectivity index (χ1n) is 8.32. The topological polar surface area (TPSA) is 61.8 Å². The maximum absolute atomic E-state index is 12.4. The van der Waals surface area contributed by atoms with Crippen molar-refractivity contribution in [2.75, 3.05) is 32.8 Å². The van der Waals surface area contributed by atoms with Gasteiger partial charge in [-0.15, -0.1) is 0 Å². The first-order valence-corrected chi connectivity index (χ1v) is 9.07. The highest BCUT2D eigenvalue weighted by Gasteiger charge is 2.29. The minimum absolute atomic E-state index is 0.0774. The Labute approximate surface area is 151 Å². The number of phenols is 1. The molecule has 132 valence electrons. The number of phenolic OH excluding ortho intramolecular Hbond substituents is 1. The standard InChI is InChI=1S/C17H22Cl2N2O3/c18-13-1-2-14(22)16(17(13)19)11-3-4-20-12(9-11)10-15(23)21-5-7-24-8-6-21/h1-2,11-12,20,22H,3-10H2/t11?,12-/m1/s1. The van der Waals surface area contributed by atoms with E-state index in [4.69, 9.17) is 27.9 Å². The van der Waals surface area contributed by atoms with Crippen LogP contribution in [-0.2, 0) is 9.53 Å². The van der Waals surface area contributed by atoms with Gasteiger partial charge in [-0.25, -0.2) is 0 Å². The number of hydrogen-bond donors (Lipinski definition) is 2. The van der Waals surface area contributed by atoms with Crippen LogP contribution in [0.15, 0.2) is 12.1 Å². The van der Waals surface area contributed by atoms with Crippen LogP contribution in [-0.4, -0.2) is 54.8 Å². The summed E-state index contributed by atoms with van der Waals surface area (Å²) in [5.74, 6) is 0.423. The van der Waals surface area contributed by atoms with Crippen LogP contribution in [0.2, 0.25) is 10.0 Å². The van der Waals surface area contributed by atoms with Crippen molar-refractivity contribution in [1.82, 2.24) is 10.2 Å². The molecule has 0 aliphatic carbocycles. The summed E-state index contributed by atoms with van der Waals surface area (Å²) in [6, 6.07) is 3.26. The van der Waals surface area contributed by atoms with Gasteiger partial charge in [-0.3, -0.25) is 4.79 Å². The summed E-state index contributed by atoms with van der Waals surface area (Å²) in [4.78, 5) is 14.3. The van der Waals surface area contributed by atoms with E-state index in [0.29, 0.717) is 48.3 Å². The Balaban J connectivity index is 1.66. The van der Waals surface area contributed by atoms with Gasteiger partial charge in [0.2, 0.25) is 5.91 Å². The van der Waals surface area contributed by atoms with E-state index in [2.05, 4.69) is 5.32 Å². The molecule has 5 nitrogen and oxygen atoms in total. The minimum atomic E-state index is 0.0774. The Morgan fingerprint density at radius 1 is 1.33 bits per heavy atom. The Morgan fingerprint density at radius 3 is 2.83 bits per heavy atom. The highest BCUT2D eigenvalue weighted by Crippen LogP contribution is 2.41. The number of piperidine rings is 1. The smallest absolute Gasteiger partial charge is 0.224 e. The van der Waals surface area contributed by atoms with Crippen molar-refractivity contribution in [1.29, 1.82) is 0 Å². The molecule has 1 aromatic carbocycles. The SMILES string of the molecule is O=C(C[C@H]1CC(c2c(O)ccc(Cl)c2Cl)CCN1)N1CCOCC1. The van der Waals surface area contributed by atoms with Gasteiger partial charge in [-0.05, 0) is 37.4 Å². The van der Waals surface area contributed by atoms with Crippen LogP contribution in [0.3, 0.4) is 0 Å². The van der Waals surface area contributed by atoms with Gasteiger partial charge in [0.1, 0.15) is 5.75 Å². The van der Waals surface area contributed by atoms with E-state index in [1.54, 1.807) is 12.1 Å². The van der Waals surface area contributed by atoms with Gasteiger partial charge >= 0.3 is 0 Å². The van der Waals surface area contributed by atoms with Crippen molar-refractivity contribution in [3.05, 3.63) is 27.7 Å². The number of ether oxygens (including phenoxy) is 1. The van der Waals surface area contributed by atoms with Crippen LogP contribution >= 0.6 is 23.2 Å². The van der Waals surface area contributed by atoms with E-state index in [1.165, 1.54) is 0 Å². The molecule has 2 heterocycles. The van der Waals surface area contributed by atoms with Crippen molar-refractivity contribution in [3.63, 3.8) is 0 Å². The van der Waals surface area contributed by atoms with Gasteiger partial charge < -0.3 is 20.1 Å². The second kappa shape index (κ2) is 7.91. The molecule has 0 spiro atoms. The molecule has 2 fully saturated rings. The fourth-order valence-corrected chi connectivity index (χ4v) is 4.00. The average molecular weight is 373 g/mol. The number of rotatable bonds is 3. The van der Waals surface area contributed by atoms with Crippen molar-refractivity contribution in [3.8, 4) is 5.75 Å². The van der Waals surface area contributed by atoms with Crippen LogP contribution in [0.5, 0.6) is 5.75 Å². The lowest BCUT2D eigenvalue weighted by atomic mass is 9.84. The molecule has 0 aromatic heterocycles. The minimum Gasteiger partial charge on any atom is -0.508 e. The van der Waals surface area contributed by atoms with Crippen LogP contribution in [0, 0.1) is 0 Å². The number of carbonyl (C=O) groups is 1.